The van der Waals surface area contributed by atoms with E-state index >= 15 is 0 Å². The maximum absolute atomic E-state index is 12.6. The average molecular weight is 870 g/mol. The van der Waals surface area contributed by atoms with Gasteiger partial charge in [-0.3, -0.25) is 0 Å². The number of likely N-dealkylation sites (tertiary alicyclic amines) is 1. The normalized spacial score (nSPS) is 31.2. The molecule has 2 saturated heterocycles. The van der Waals surface area contributed by atoms with E-state index in [1.807, 2.05) is 51.0 Å². The van der Waals surface area contributed by atoms with Gasteiger partial charge in [0.05, 0.1) is 36.6 Å². The van der Waals surface area contributed by atoms with Crippen molar-refractivity contribution >= 4 is 75.7 Å². The van der Waals surface area contributed by atoms with Crippen molar-refractivity contribution in [2.75, 3.05) is 45.7 Å². The second-order valence-corrected chi connectivity index (χ2v) is 19.5. The Morgan fingerprint density at radius 1 is 0.741 bits per heavy atom. The Morgan fingerprint density at radius 3 is 1.56 bits per heavy atom. The van der Waals surface area contributed by atoms with Gasteiger partial charge in [0.25, 0.3) is 0 Å². The quantitative estimate of drug-likeness (QED) is 0.293. The Morgan fingerprint density at radius 2 is 1.19 bits per heavy atom. The summed E-state index contributed by atoms with van der Waals surface area (Å²) in [6, 6.07) is 12.3. The maximum Gasteiger partial charge on any atom is 0.410 e. The standard InChI is InChI=1S/C23H33Cl2NO3.C18H25Cl2NO.CH2Cl2/c1-21(2,3)29-20(27)26-13-8-17(15-26)23(11-9-22(4,28-5)10-12-23)16-6-7-18(24)19(25)14-16;1-17(22-2)6-8-18(9-7-17,14-5-10-21-12-14)13-3-4-15(19)16(20)11-13;2-1-3/h6-7,14,17H,8-13,15H2,1-5H3;3-4,11,14,21H,5-10,12H2,1-2H3;1H2/t17-,22?,23?;14-,17?,18?;/m00./s1. The van der Waals surface area contributed by atoms with E-state index in [1.165, 1.54) is 17.5 Å². The highest BCUT2D eigenvalue weighted by Gasteiger charge is 2.50. The number of methoxy groups -OCH3 is 2. The van der Waals surface area contributed by atoms with Crippen molar-refractivity contribution in [1.82, 2.24) is 10.2 Å². The predicted octanol–water partition coefficient (Wildman–Crippen LogP) is 12.7. The summed E-state index contributed by atoms with van der Waals surface area (Å²) in [5.74, 6) is 1.03. The van der Waals surface area contributed by atoms with Crippen LogP contribution < -0.4 is 5.32 Å². The first-order valence-corrected chi connectivity index (χ1v) is 21.8. The molecule has 12 heteroatoms. The van der Waals surface area contributed by atoms with E-state index in [-0.39, 0.29) is 33.5 Å². The fourth-order valence-electron chi connectivity index (χ4n) is 9.16. The summed E-state index contributed by atoms with van der Waals surface area (Å²) in [7, 11) is 3.63. The monoisotopic (exact) mass is 866 g/mol. The van der Waals surface area contributed by atoms with Gasteiger partial charge in [0, 0.05) is 32.7 Å². The zero-order valence-electron chi connectivity index (χ0n) is 33.1. The van der Waals surface area contributed by atoms with Crippen LogP contribution in [0.4, 0.5) is 4.79 Å². The third-order valence-electron chi connectivity index (χ3n) is 12.8. The summed E-state index contributed by atoms with van der Waals surface area (Å²) in [4.78, 5) is 14.5. The number of nitrogens with zero attached hydrogens (tertiary/aromatic N) is 1. The molecule has 6 rings (SSSR count). The fourth-order valence-corrected chi connectivity index (χ4v) is 9.76. The molecule has 0 radical (unpaired) electrons. The molecule has 54 heavy (non-hydrogen) atoms. The summed E-state index contributed by atoms with van der Waals surface area (Å²) < 4.78 is 17.2. The number of amides is 1. The molecule has 4 aliphatic rings. The van der Waals surface area contributed by atoms with E-state index in [9.17, 15) is 4.79 Å². The van der Waals surface area contributed by atoms with Crippen LogP contribution in [0.1, 0.15) is 110 Å². The lowest BCUT2D eigenvalue weighted by Crippen LogP contribution is -2.46. The lowest BCUT2D eigenvalue weighted by atomic mass is 9.59. The number of alkyl halides is 2. The molecular formula is C42H60Cl6N2O4. The van der Waals surface area contributed by atoms with Crippen molar-refractivity contribution in [2.45, 2.75) is 126 Å². The molecule has 2 saturated carbocycles. The average Bonchev–Trinajstić information content (AvgIpc) is 3.86. The number of carbonyl (C=O) groups is 1. The maximum atomic E-state index is 12.6. The van der Waals surface area contributed by atoms with E-state index < -0.39 is 5.60 Å². The number of nitrogens with one attached hydrogen (secondary N) is 1. The molecule has 2 aromatic rings. The Labute approximate surface area is 354 Å². The number of benzene rings is 2. The zero-order chi connectivity index (χ0) is 40.0. The van der Waals surface area contributed by atoms with Crippen LogP contribution in [0, 0.1) is 11.8 Å². The van der Waals surface area contributed by atoms with E-state index in [4.69, 9.17) is 83.8 Å². The van der Waals surface area contributed by atoms with E-state index in [0.29, 0.717) is 38.5 Å². The van der Waals surface area contributed by atoms with Crippen molar-refractivity contribution in [2.24, 2.45) is 11.8 Å². The molecule has 2 aliphatic carbocycles. The van der Waals surface area contributed by atoms with Gasteiger partial charge in [0.15, 0.2) is 0 Å². The van der Waals surface area contributed by atoms with Crippen LogP contribution in [0.3, 0.4) is 0 Å². The van der Waals surface area contributed by atoms with Crippen molar-refractivity contribution in [3.8, 4) is 0 Å². The highest BCUT2D eigenvalue weighted by Crippen LogP contribution is 2.53. The first-order chi connectivity index (χ1) is 25.4. The van der Waals surface area contributed by atoms with Gasteiger partial charge >= 0.3 is 6.09 Å². The Hall–Kier alpha value is -0.670. The largest absolute Gasteiger partial charge is 0.444 e. The van der Waals surface area contributed by atoms with Crippen molar-refractivity contribution in [1.29, 1.82) is 0 Å². The third-order valence-corrected chi connectivity index (χ3v) is 14.3. The van der Waals surface area contributed by atoms with Crippen LogP contribution >= 0.6 is 69.6 Å². The van der Waals surface area contributed by atoms with Crippen LogP contribution in [0.2, 0.25) is 20.1 Å². The van der Waals surface area contributed by atoms with Gasteiger partial charge in [0.1, 0.15) is 5.60 Å². The number of hydrogen-bond donors (Lipinski definition) is 1. The first-order valence-electron chi connectivity index (χ1n) is 19.2. The summed E-state index contributed by atoms with van der Waals surface area (Å²) >= 11 is 34.6. The van der Waals surface area contributed by atoms with Crippen LogP contribution in [-0.2, 0) is 25.0 Å². The zero-order valence-corrected chi connectivity index (χ0v) is 37.6. The summed E-state index contributed by atoms with van der Waals surface area (Å²) in [6.45, 7) is 13.8. The van der Waals surface area contributed by atoms with Crippen LogP contribution in [0.5, 0.6) is 0 Å². The van der Waals surface area contributed by atoms with Gasteiger partial charge in [-0.15, -0.1) is 23.2 Å². The molecule has 2 heterocycles. The second kappa shape index (κ2) is 19.4. The third kappa shape index (κ3) is 11.1. The van der Waals surface area contributed by atoms with Gasteiger partial charge in [0.2, 0.25) is 0 Å². The highest BCUT2D eigenvalue weighted by molar-refractivity contribution is 6.42. The minimum atomic E-state index is -0.484. The minimum absolute atomic E-state index is 0.0196. The van der Waals surface area contributed by atoms with Crippen LogP contribution in [0.25, 0.3) is 0 Å². The van der Waals surface area contributed by atoms with Crippen molar-refractivity contribution in [3.05, 3.63) is 67.6 Å². The predicted molar refractivity (Wildman–Crippen MR) is 228 cm³/mol. The van der Waals surface area contributed by atoms with Gasteiger partial charge in [-0.2, -0.15) is 0 Å². The topological polar surface area (TPSA) is 60.0 Å². The number of hydrogen-bond acceptors (Lipinski definition) is 5. The molecule has 2 aliphatic heterocycles. The summed E-state index contributed by atoms with van der Waals surface area (Å²) in [6.07, 6.45) is 10.4. The minimum Gasteiger partial charge on any atom is -0.444 e. The summed E-state index contributed by atoms with van der Waals surface area (Å²) in [5, 5.41) is 6.20. The Balaban J connectivity index is 0.000000231. The molecule has 4 fully saturated rings. The van der Waals surface area contributed by atoms with Gasteiger partial charge in [-0.25, -0.2) is 4.79 Å². The Kier molecular flexibility index (Phi) is 16.5. The molecule has 6 nitrogen and oxygen atoms in total. The van der Waals surface area contributed by atoms with E-state index in [2.05, 4.69) is 37.4 Å². The summed E-state index contributed by atoms with van der Waals surface area (Å²) in [5.41, 5.74) is 2.19. The molecule has 1 N–H and O–H groups in total. The molecule has 0 unspecified atom stereocenters. The molecule has 1 amide bonds. The lowest BCUT2D eigenvalue weighted by molar-refractivity contribution is -0.0474. The molecular weight excluding hydrogens is 809 g/mol. The van der Waals surface area contributed by atoms with E-state index in [0.717, 1.165) is 77.4 Å². The fraction of sp³-hybridized carbons (Fsp3) is 0.690. The molecule has 0 bridgehead atoms. The van der Waals surface area contributed by atoms with Crippen LogP contribution in [0.15, 0.2) is 36.4 Å². The number of halogens is 6. The molecule has 2 atom stereocenters. The van der Waals surface area contributed by atoms with Crippen LogP contribution in [-0.4, -0.2) is 73.5 Å². The smallest absolute Gasteiger partial charge is 0.410 e. The van der Waals surface area contributed by atoms with Gasteiger partial charge in [-0.05, 0) is 165 Å². The van der Waals surface area contributed by atoms with Gasteiger partial charge < -0.3 is 24.4 Å². The Bertz CT molecular complexity index is 1530. The molecule has 304 valence electrons. The number of ether oxygens (including phenoxy) is 3. The molecule has 2 aromatic carbocycles. The number of rotatable bonds is 6. The SMILES string of the molecule is COC1(C)CCC(c2ccc(Cl)c(Cl)c2)([C@H]2CCN(C(=O)OC(C)(C)C)C2)CC1.COC1(C)CCC(c2ccc(Cl)c(Cl)c2)([C@H]2CCNC2)CC1.ClCCl. The van der Waals surface area contributed by atoms with Crippen molar-refractivity contribution < 1.29 is 19.0 Å². The molecule has 0 spiro atoms. The van der Waals surface area contributed by atoms with E-state index in [1.54, 1.807) is 7.11 Å². The molecule has 0 aromatic heterocycles. The van der Waals surface area contributed by atoms with Gasteiger partial charge in [-0.1, -0.05) is 58.5 Å². The second-order valence-electron chi connectivity index (χ2n) is 17.1. The first kappa shape index (κ1) is 46.0. The highest BCUT2D eigenvalue weighted by atomic mass is 35.5. The van der Waals surface area contributed by atoms with Crippen molar-refractivity contribution in [3.63, 3.8) is 0 Å². The lowest BCUT2D eigenvalue weighted by Gasteiger charge is -2.48. The number of carbonyl (C=O) groups excluding carboxylic acids is 1.